The fourth-order valence-electron chi connectivity index (χ4n) is 2.65. The lowest BCUT2D eigenvalue weighted by Gasteiger charge is -2.34. The van der Waals surface area contributed by atoms with E-state index in [0.717, 1.165) is 6.26 Å². The highest BCUT2D eigenvalue weighted by Crippen LogP contribution is 2.27. The third-order valence-corrected chi connectivity index (χ3v) is 6.00. The van der Waals surface area contributed by atoms with Gasteiger partial charge in [0.25, 0.3) is 0 Å². The summed E-state index contributed by atoms with van der Waals surface area (Å²) in [5, 5.41) is 5.68. The molecule has 0 bridgehead atoms. The van der Waals surface area contributed by atoms with Crippen LogP contribution in [0.4, 0.5) is 4.39 Å². The number of carbonyl (C=O) groups excluding carboxylic acids is 1. The molecule has 1 heterocycles. The predicted molar refractivity (Wildman–Crippen MR) is 84.6 cm³/mol. The van der Waals surface area contributed by atoms with Gasteiger partial charge in [-0.1, -0.05) is 6.07 Å². The van der Waals surface area contributed by atoms with Gasteiger partial charge in [-0.05, 0) is 38.1 Å². The van der Waals surface area contributed by atoms with Crippen molar-refractivity contribution in [2.45, 2.75) is 17.6 Å². The summed E-state index contributed by atoms with van der Waals surface area (Å²) < 4.78 is 41.1. The van der Waals surface area contributed by atoms with E-state index in [0.29, 0.717) is 18.8 Å². The molecule has 128 valence electrons. The van der Waals surface area contributed by atoms with Crippen LogP contribution in [0.25, 0.3) is 0 Å². The molecule has 1 fully saturated rings. The summed E-state index contributed by atoms with van der Waals surface area (Å²) in [5.41, 5.74) is 0. The van der Waals surface area contributed by atoms with E-state index in [1.54, 1.807) is 6.07 Å². The second-order valence-electron chi connectivity index (χ2n) is 5.58. The third kappa shape index (κ3) is 4.20. The van der Waals surface area contributed by atoms with E-state index in [4.69, 9.17) is 4.74 Å². The van der Waals surface area contributed by atoms with E-state index in [1.165, 1.54) is 18.2 Å². The Kier molecular flexibility index (Phi) is 5.59. The molecular weight excluding hydrogens is 323 g/mol. The Morgan fingerprint density at radius 3 is 2.70 bits per heavy atom. The van der Waals surface area contributed by atoms with Crippen molar-refractivity contribution in [3.05, 3.63) is 30.1 Å². The van der Waals surface area contributed by atoms with Crippen molar-refractivity contribution in [3.8, 4) is 5.75 Å². The van der Waals surface area contributed by atoms with Crippen molar-refractivity contribution in [1.82, 2.24) is 10.6 Å². The lowest BCUT2D eigenvalue weighted by molar-refractivity contribution is -0.124. The molecular formula is C15H21FN2O4S. The molecule has 1 aliphatic heterocycles. The number of sulfone groups is 1. The first-order valence-electron chi connectivity index (χ1n) is 7.42. The monoisotopic (exact) mass is 344 g/mol. The smallest absolute Gasteiger partial charge is 0.241 e. The standard InChI is InChI=1S/C15H21FN2O4S/c1-23(20,21)15(5-7-17-8-6-15)14(19)18-9-10-22-13-4-2-3-12(16)11-13/h2-4,11,17H,5-10H2,1H3,(H,18,19). The van der Waals surface area contributed by atoms with Gasteiger partial charge in [-0.25, -0.2) is 12.8 Å². The van der Waals surface area contributed by atoms with Crippen LogP contribution in [0, 0.1) is 5.82 Å². The predicted octanol–water partition coefficient (Wildman–Crippen LogP) is 0.488. The van der Waals surface area contributed by atoms with E-state index in [9.17, 15) is 17.6 Å². The second kappa shape index (κ2) is 7.27. The number of benzene rings is 1. The molecule has 23 heavy (non-hydrogen) atoms. The fourth-order valence-corrected chi connectivity index (χ4v) is 4.00. The Bertz CT molecular complexity index is 657. The number of hydrogen-bond acceptors (Lipinski definition) is 5. The largest absolute Gasteiger partial charge is 0.492 e. The zero-order valence-electron chi connectivity index (χ0n) is 13.0. The minimum Gasteiger partial charge on any atom is -0.492 e. The zero-order chi connectivity index (χ0) is 16.9. The maximum Gasteiger partial charge on any atom is 0.241 e. The Balaban J connectivity index is 1.90. The molecule has 1 aromatic rings. The minimum absolute atomic E-state index is 0.132. The molecule has 0 aliphatic carbocycles. The van der Waals surface area contributed by atoms with Crippen LogP contribution in [0.2, 0.25) is 0 Å². The summed E-state index contributed by atoms with van der Waals surface area (Å²) in [6, 6.07) is 5.68. The average molecular weight is 344 g/mol. The van der Waals surface area contributed by atoms with Crippen LogP contribution in [0.15, 0.2) is 24.3 Å². The first kappa shape index (κ1) is 17.7. The zero-order valence-corrected chi connectivity index (χ0v) is 13.8. The number of amides is 1. The van der Waals surface area contributed by atoms with Crippen molar-refractivity contribution in [1.29, 1.82) is 0 Å². The Morgan fingerprint density at radius 2 is 2.09 bits per heavy atom. The number of nitrogens with one attached hydrogen (secondary N) is 2. The van der Waals surface area contributed by atoms with E-state index in [1.807, 2.05) is 0 Å². The topological polar surface area (TPSA) is 84.5 Å². The molecule has 0 aromatic heterocycles. The summed E-state index contributed by atoms with van der Waals surface area (Å²) in [7, 11) is -3.52. The molecule has 1 aromatic carbocycles. The minimum atomic E-state index is -3.52. The highest BCUT2D eigenvalue weighted by atomic mass is 32.2. The van der Waals surface area contributed by atoms with Crippen molar-refractivity contribution < 1.29 is 22.3 Å². The SMILES string of the molecule is CS(=O)(=O)C1(C(=O)NCCOc2cccc(F)c2)CCNCC1. The molecule has 0 saturated carbocycles. The maximum absolute atomic E-state index is 13.0. The van der Waals surface area contributed by atoms with Gasteiger partial charge in [-0.3, -0.25) is 4.79 Å². The summed E-state index contributed by atoms with van der Waals surface area (Å²) >= 11 is 0. The molecule has 0 radical (unpaired) electrons. The van der Waals surface area contributed by atoms with Gasteiger partial charge < -0.3 is 15.4 Å². The van der Waals surface area contributed by atoms with Gasteiger partial charge in [0.15, 0.2) is 14.6 Å². The Labute approximate surface area is 135 Å². The maximum atomic E-state index is 13.0. The molecule has 2 N–H and O–H groups in total. The Morgan fingerprint density at radius 1 is 1.39 bits per heavy atom. The number of rotatable bonds is 6. The third-order valence-electron chi connectivity index (χ3n) is 3.99. The summed E-state index contributed by atoms with van der Waals surface area (Å²) in [5.74, 6) is -0.541. The van der Waals surface area contributed by atoms with Crippen LogP contribution in [-0.2, 0) is 14.6 Å². The van der Waals surface area contributed by atoms with Gasteiger partial charge >= 0.3 is 0 Å². The van der Waals surface area contributed by atoms with Crippen LogP contribution in [0.1, 0.15) is 12.8 Å². The van der Waals surface area contributed by atoms with E-state index in [2.05, 4.69) is 10.6 Å². The lowest BCUT2D eigenvalue weighted by atomic mass is 9.96. The van der Waals surface area contributed by atoms with Crippen LogP contribution in [-0.4, -0.2) is 51.6 Å². The quantitative estimate of drug-likeness (QED) is 0.734. The van der Waals surface area contributed by atoms with Crippen LogP contribution in [0.3, 0.4) is 0 Å². The van der Waals surface area contributed by atoms with Crippen molar-refractivity contribution in [2.24, 2.45) is 0 Å². The molecule has 1 amide bonds. The fraction of sp³-hybridized carbons (Fsp3) is 0.533. The summed E-state index contributed by atoms with van der Waals surface area (Å²) in [4.78, 5) is 12.4. The molecule has 6 nitrogen and oxygen atoms in total. The molecule has 8 heteroatoms. The van der Waals surface area contributed by atoms with E-state index < -0.39 is 26.3 Å². The summed E-state index contributed by atoms with van der Waals surface area (Å²) in [6.07, 6.45) is 1.60. The van der Waals surface area contributed by atoms with Crippen molar-refractivity contribution in [2.75, 3.05) is 32.5 Å². The highest BCUT2D eigenvalue weighted by molar-refractivity contribution is 7.92. The second-order valence-corrected chi connectivity index (χ2v) is 7.90. The molecule has 1 aliphatic rings. The van der Waals surface area contributed by atoms with Gasteiger partial charge in [0, 0.05) is 12.3 Å². The molecule has 0 unspecified atom stereocenters. The number of piperidine rings is 1. The van der Waals surface area contributed by atoms with Gasteiger partial charge in [-0.15, -0.1) is 0 Å². The number of ether oxygens (including phenoxy) is 1. The van der Waals surface area contributed by atoms with Crippen LogP contribution < -0.4 is 15.4 Å². The van der Waals surface area contributed by atoms with Gasteiger partial charge in [0.2, 0.25) is 5.91 Å². The van der Waals surface area contributed by atoms with Gasteiger partial charge in [0.1, 0.15) is 18.2 Å². The first-order valence-corrected chi connectivity index (χ1v) is 9.31. The molecule has 0 atom stereocenters. The van der Waals surface area contributed by atoms with Gasteiger partial charge in [0.05, 0.1) is 6.54 Å². The van der Waals surface area contributed by atoms with Crippen LogP contribution >= 0.6 is 0 Å². The average Bonchev–Trinajstić information content (AvgIpc) is 2.51. The lowest BCUT2D eigenvalue weighted by Crippen LogP contribution is -2.57. The molecule has 1 saturated heterocycles. The number of halogens is 1. The first-order chi connectivity index (χ1) is 10.8. The highest BCUT2D eigenvalue weighted by Gasteiger charge is 2.48. The summed E-state index contributed by atoms with van der Waals surface area (Å²) in [6.45, 7) is 1.26. The molecule has 2 rings (SSSR count). The van der Waals surface area contributed by atoms with Crippen molar-refractivity contribution in [3.63, 3.8) is 0 Å². The number of carbonyl (C=O) groups is 1. The van der Waals surface area contributed by atoms with Crippen LogP contribution in [0.5, 0.6) is 5.75 Å². The number of hydrogen-bond donors (Lipinski definition) is 2. The van der Waals surface area contributed by atoms with E-state index >= 15 is 0 Å². The Hall–Kier alpha value is -1.67. The van der Waals surface area contributed by atoms with Gasteiger partial charge in [-0.2, -0.15) is 0 Å². The molecule has 0 spiro atoms. The normalized spacial score (nSPS) is 17.5. The van der Waals surface area contributed by atoms with Crippen molar-refractivity contribution >= 4 is 15.7 Å². The van der Waals surface area contributed by atoms with E-state index in [-0.39, 0.29) is 26.0 Å².